The first-order valence-corrected chi connectivity index (χ1v) is 25.8. The monoisotopic (exact) mass is 775 g/mol. The molecule has 0 spiro atoms. The van der Waals surface area contributed by atoms with E-state index in [0.717, 1.165) is 13.1 Å². The van der Waals surface area contributed by atoms with Crippen molar-refractivity contribution in [2.75, 3.05) is 0 Å². The zero-order valence-corrected chi connectivity index (χ0v) is 38.2. The molecular formula is C54H98N2+2. The lowest BCUT2D eigenvalue weighted by Crippen LogP contribution is -2.33. The minimum absolute atomic E-state index is 1.15. The quantitative estimate of drug-likeness (QED) is 0.0468. The second-order valence-electron chi connectivity index (χ2n) is 18.1. The summed E-state index contributed by atoms with van der Waals surface area (Å²) in [6, 6.07) is 9.20. The molecule has 2 heteroatoms. The van der Waals surface area contributed by atoms with Crippen molar-refractivity contribution in [1.29, 1.82) is 0 Å². The fourth-order valence-electron chi connectivity index (χ4n) is 8.70. The maximum absolute atomic E-state index is 2.38. The number of hydrogen-bond acceptors (Lipinski definition) is 0. The van der Waals surface area contributed by atoms with Crippen LogP contribution in [0.25, 0.3) is 11.1 Å². The van der Waals surface area contributed by atoms with Crippen LogP contribution in [0.3, 0.4) is 0 Å². The van der Waals surface area contributed by atoms with Gasteiger partial charge in [-0.3, -0.25) is 0 Å². The highest BCUT2D eigenvalue weighted by atomic mass is 14.9. The lowest BCUT2D eigenvalue weighted by atomic mass is 10.0. The second-order valence-corrected chi connectivity index (χ2v) is 18.1. The number of aromatic nitrogens is 2. The lowest BCUT2D eigenvalue weighted by molar-refractivity contribution is -0.697. The van der Waals surface area contributed by atoms with Gasteiger partial charge in [0.2, 0.25) is 0 Å². The molecule has 56 heavy (non-hydrogen) atoms. The molecular weight excluding hydrogens is 677 g/mol. The first kappa shape index (κ1) is 50.4. The van der Waals surface area contributed by atoms with Gasteiger partial charge in [-0.15, -0.1) is 0 Å². The molecule has 0 radical (unpaired) electrons. The van der Waals surface area contributed by atoms with Gasteiger partial charge in [0.15, 0.2) is 24.8 Å². The smallest absolute Gasteiger partial charge is 0.169 e. The predicted octanol–water partition coefficient (Wildman–Crippen LogP) is 17.6. The summed E-state index contributed by atoms with van der Waals surface area (Å²) in [5, 5.41) is 0. The van der Waals surface area contributed by atoms with E-state index < -0.39 is 0 Å². The number of pyridine rings is 2. The summed E-state index contributed by atoms with van der Waals surface area (Å²) in [7, 11) is 0. The fraction of sp³-hybridized carbons (Fsp3) is 0.815. The molecule has 0 saturated heterocycles. The Morgan fingerprint density at radius 2 is 0.393 bits per heavy atom. The van der Waals surface area contributed by atoms with Crippen LogP contribution in [0.2, 0.25) is 0 Å². The van der Waals surface area contributed by atoms with Crippen LogP contribution in [0.1, 0.15) is 271 Å². The minimum Gasteiger partial charge on any atom is -0.205 e. The number of rotatable bonds is 43. The van der Waals surface area contributed by atoms with Crippen LogP contribution in [-0.2, 0) is 13.1 Å². The van der Waals surface area contributed by atoms with E-state index in [1.807, 2.05) is 0 Å². The topological polar surface area (TPSA) is 7.76 Å². The van der Waals surface area contributed by atoms with Gasteiger partial charge in [-0.1, -0.05) is 245 Å². The van der Waals surface area contributed by atoms with Crippen molar-refractivity contribution in [3.63, 3.8) is 0 Å². The molecule has 2 heterocycles. The molecule has 2 nitrogen and oxygen atoms in total. The van der Waals surface area contributed by atoms with Gasteiger partial charge in [-0.05, 0) is 24.0 Å². The zero-order valence-electron chi connectivity index (χ0n) is 38.2. The van der Waals surface area contributed by atoms with Crippen molar-refractivity contribution < 1.29 is 9.13 Å². The Labute approximate surface area is 351 Å². The van der Waals surface area contributed by atoms with Crippen LogP contribution >= 0.6 is 0 Å². The molecule has 0 aliphatic heterocycles. The van der Waals surface area contributed by atoms with E-state index in [4.69, 9.17) is 0 Å². The van der Waals surface area contributed by atoms with E-state index >= 15 is 0 Å². The van der Waals surface area contributed by atoms with Gasteiger partial charge in [0.25, 0.3) is 0 Å². The van der Waals surface area contributed by atoms with Crippen LogP contribution in [0, 0.1) is 0 Å². The fourth-order valence-corrected chi connectivity index (χ4v) is 8.70. The largest absolute Gasteiger partial charge is 0.205 e. The van der Waals surface area contributed by atoms with Gasteiger partial charge < -0.3 is 0 Å². The van der Waals surface area contributed by atoms with Crippen LogP contribution in [0.4, 0.5) is 0 Å². The summed E-state index contributed by atoms with van der Waals surface area (Å²) >= 11 is 0. The molecule has 0 saturated carbocycles. The molecule has 0 atom stereocenters. The van der Waals surface area contributed by atoms with Crippen LogP contribution in [-0.4, -0.2) is 0 Å². The van der Waals surface area contributed by atoms with Gasteiger partial charge in [0, 0.05) is 37.1 Å². The summed E-state index contributed by atoms with van der Waals surface area (Å²) in [5.74, 6) is 0. The summed E-state index contributed by atoms with van der Waals surface area (Å²) in [5.41, 5.74) is 2.66. The maximum atomic E-state index is 2.38. The third-order valence-corrected chi connectivity index (χ3v) is 12.7. The average molecular weight is 775 g/mol. The standard InChI is InChI=1S/C54H98N2/c1-3-5-7-9-11-13-15-17-19-21-23-25-27-29-31-33-35-37-39-41-47-55-49-43-53(44-50-55)54-45-51-56(52-46-54)48-42-40-38-36-34-32-30-28-26-24-22-20-18-16-14-12-10-8-6-4-2/h43-46,49-52H,3-42,47-48H2,1-2H3/q+2. The molecule has 0 aromatic carbocycles. The van der Waals surface area contributed by atoms with Gasteiger partial charge >= 0.3 is 0 Å². The Balaban J connectivity index is 1.33. The van der Waals surface area contributed by atoms with Crippen molar-refractivity contribution in [1.82, 2.24) is 0 Å². The molecule has 0 unspecified atom stereocenters. The van der Waals surface area contributed by atoms with E-state index in [-0.39, 0.29) is 0 Å². The van der Waals surface area contributed by atoms with E-state index in [0.29, 0.717) is 0 Å². The van der Waals surface area contributed by atoms with Crippen molar-refractivity contribution in [2.24, 2.45) is 0 Å². The molecule has 0 fully saturated rings. The van der Waals surface area contributed by atoms with Gasteiger partial charge in [0.05, 0.1) is 0 Å². The van der Waals surface area contributed by atoms with Gasteiger partial charge in [-0.2, -0.15) is 0 Å². The zero-order chi connectivity index (χ0) is 39.7. The van der Waals surface area contributed by atoms with Crippen molar-refractivity contribution in [3.05, 3.63) is 49.1 Å². The van der Waals surface area contributed by atoms with Crippen molar-refractivity contribution in [3.8, 4) is 11.1 Å². The SMILES string of the molecule is CCCCCCCCCCCCCCCCCCCCCC[n+]1ccc(-c2cc[n+](CCCCCCCCCCCCCCCCCCCCCC)cc2)cc1. The van der Waals surface area contributed by atoms with E-state index in [2.05, 4.69) is 72.0 Å². The molecule has 322 valence electrons. The molecule has 2 aromatic rings. The highest BCUT2D eigenvalue weighted by molar-refractivity contribution is 5.60. The Morgan fingerprint density at radius 1 is 0.232 bits per heavy atom. The highest BCUT2D eigenvalue weighted by Crippen LogP contribution is 2.18. The third-order valence-electron chi connectivity index (χ3n) is 12.7. The normalized spacial score (nSPS) is 11.5. The lowest BCUT2D eigenvalue weighted by Gasteiger charge is -2.04. The summed E-state index contributed by atoms with van der Waals surface area (Å²) in [4.78, 5) is 0. The van der Waals surface area contributed by atoms with Gasteiger partial charge in [0.1, 0.15) is 13.1 Å². The maximum Gasteiger partial charge on any atom is 0.169 e. The number of hydrogen-bond donors (Lipinski definition) is 0. The summed E-state index contributed by atoms with van der Waals surface area (Å²) in [6.45, 7) is 6.91. The van der Waals surface area contributed by atoms with E-state index in [1.54, 1.807) is 0 Å². The minimum atomic E-state index is 1.15. The van der Waals surface area contributed by atoms with E-state index in [9.17, 15) is 0 Å². The Kier molecular flexibility index (Phi) is 36.1. The first-order valence-electron chi connectivity index (χ1n) is 25.8. The molecule has 0 bridgehead atoms. The highest BCUT2D eigenvalue weighted by Gasteiger charge is 2.07. The Hall–Kier alpha value is -1.70. The molecule has 0 aliphatic rings. The molecule has 2 aromatic heterocycles. The summed E-state index contributed by atoms with van der Waals surface area (Å²) in [6.07, 6.45) is 66.8. The van der Waals surface area contributed by atoms with E-state index in [1.165, 1.54) is 268 Å². The molecule has 2 rings (SSSR count). The van der Waals surface area contributed by atoms with Gasteiger partial charge in [-0.25, -0.2) is 9.13 Å². The Bertz CT molecular complexity index is 958. The van der Waals surface area contributed by atoms with Crippen LogP contribution < -0.4 is 9.13 Å². The van der Waals surface area contributed by atoms with Crippen molar-refractivity contribution in [2.45, 2.75) is 284 Å². The third kappa shape index (κ3) is 31.3. The first-order chi connectivity index (χ1) is 27.8. The average Bonchev–Trinajstić information content (AvgIpc) is 3.22. The number of unbranched alkanes of at least 4 members (excludes halogenated alkanes) is 38. The van der Waals surface area contributed by atoms with Crippen molar-refractivity contribution >= 4 is 0 Å². The number of nitrogens with zero attached hydrogens (tertiary/aromatic N) is 2. The Morgan fingerprint density at radius 3 is 0.571 bits per heavy atom. The summed E-state index contributed by atoms with van der Waals surface area (Å²) < 4.78 is 4.75. The second kappa shape index (κ2) is 40.1. The van der Waals surface area contributed by atoms with Crippen LogP contribution in [0.5, 0.6) is 0 Å². The number of aryl methyl sites for hydroxylation is 2. The molecule has 0 N–H and O–H groups in total. The van der Waals surface area contributed by atoms with Crippen LogP contribution in [0.15, 0.2) is 49.1 Å². The molecule has 0 aliphatic carbocycles. The molecule has 0 amide bonds. The predicted molar refractivity (Wildman–Crippen MR) is 248 cm³/mol.